The third-order valence-electron chi connectivity index (χ3n) is 3.89. The molecule has 1 aromatic carbocycles. The molecule has 0 saturated carbocycles. The van der Waals surface area contributed by atoms with Gasteiger partial charge in [0.2, 0.25) is 0 Å². The van der Waals surface area contributed by atoms with Crippen LogP contribution >= 0.6 is 0 Å². The number of rotatable bonds is 11. The number of nitrogens with one attached hydrogen (secondary N) is 2. The molecule has 26 heavy (non-hydrogen) atoms. The van der Waals surface area contributed by atoms with Crippen LogP contribution in [0.25, 0.3) is 0 Å². The molecule has 0 bridgehead atoms. The maximum absolute atomic E-state index is 12.0. The van der Waals surface area contributed by atoms with Crippen LogP contribution in [0.1, 0.15) is 43.0 Å². The summed E-state index contributed by atoms with van der Waals surface area (Å²) in [5.41, 5.74) is 0.523. The van der Waals surface area contributed by atoms with Gasteiger partial charge in [0.25, 0.3) is 5.91 Å². The second-order valence-corrected chi connectivity index (χ2v) is 6.10. The molecule has 0 aliphatic carbocycles. The number of unbranched alkanes of at least 4 members (excludes halogenated alkanes) is 3. The zero-order valence-electron chi connectivity index (χ0n) is 16.0. The van der Waals surface area contributed by atoms with Crippen molar-refractivity contribution in [3.63, 3.8) is 0 Å². The van der Waals surface area contributed by atoms with E-state index in [-0.39, 0.29) is 11.7 Å². The number of carbonyl (C=O) groups excluding carboxylic acids is 1. The quantitative estimate of drug-likeness (QED) is 0.245. The number of amides is 1. The Labute approximate surface area is 157 Å². The van der Waals surface area contributed by atoms with E-state index in [9.17, 15) is 9.90 Å². The average molecular weight is 361 g/mol. The van der Waals surface area contributed by atoms with Crippen molar-refractivity contribution in [1.29, 1.82) is 0 Å². The molecular formula is C20H32N4O2. The number of guanidine groups is 1. The Morgan fingerprint density at radius 1 is 1.23 bits per heavy atom. The van der Waals surface area contributed by atoms with E-state index in [0.717, 1.165) is 31.9 Å². The lowest BCUT2D eigenvalue weighted by atomic mass is 10.2. The Kier molecular flexibility index (Phi) is 10.6. The van der Waals surface area contributed by atoms with E-state index in [1.807, 2.05) is 20.0 Å². The molecule has 3 N–H and O–H groups in total. The maximum Gasteiger partial charge on any atom is 0.251 e. The van der Waals surface area contributed by atoms with Crippen LogP contribution in [0.5, 0.6) is 5.75 Å². The Hall–Kier alpha value is -2.50. The van der Waals surface area contributed by atoms with E-state index in [0.29, 0.717) is 18.7 Å². The Balaban J connectivity index is 2.38. The van der Waals surface area contributed by atoms with E-state index in [4.69, 9.17) is 0 Å². The monoisotopic (exact) mass is 360 g/mol. The first-order valence-corrected chi connectivity index (χ1v) is 9.26. The van der Waals surface area contributed by atoms with Crippen LogP contribution in [0.3, 0.4) is 0 Å². The topological polar surface area (TPSA) is 77.0 Å². The number of hydrogen-bond acceptors (Lipinski definition) is 3. The molecule has 0 radical (unpaired) electrons. The molecule has 1 rings (SSSR count). The summed E-state index contributed by atoms with van der Waals surface area (Å²) < 4.78 is 0. The Morgan fingerprint density at radius 2 is 1.96 bits per heavy atom. The van der Waals surface area contributed by atoms with Crippen LogP contribution < -0.4 is 10.6 Å². The molecule has 0 aliphatic heterocycles. The lowest BCUT2D eigenvalue weighted by molar-refractivity contribution is 0.0955. The number of hydrogen-bond donors (Lipinski definition) is 3. The molecule has 0 atom stereocenters. The molecule has 0 spiro atoms. The highest BCUT2D eigenvalue weighted by molar-refractivity contribution is 5.94. The predicted octanol–water partition coefficient (Wildman–Crippen LogP) is 2.77. The highest BCUT2D eigenvalue weighted by Crippen LogP contribution is 2.09. The summed E-state index contributed by atoms with van der Waals surface area (Å²) in [6.45, 7) is 8.50. The first-order valence-electron chi connectivity index (χ1n) is 9.26. The van der Waals surface area contributed by atoms with E-state index < -0.39 is 0 Å². The fourth-order valence-corrected chi connectivity index (χ4v) is 2.44. The van der Waals surface area contributed by atoms with E-state index in [2.05, 4.69) is 27.1 Å². The highest BCUT2D eigenvalue weighted by Gasteiger charge is 2.06. The van der Waals surface area contributed by atoms with Gasteiger partial charge in [-0.3, -0.25) is 9.79 Å². The van der Waals surface area contributed by atoms with Gasteiger partial charge in [0.05, 0.1) is 6.54 Å². The first kappa shape index (κ1) is 21.5. The molecular weight excluding hydrogens is 328 g/mol. The summed E-state index contributed by atoms with van der Waals surface area (Å²) in [4.78, 5) is 18.7. The molecule has 0 aliphatic rings. The van der Waals surface area contributed by atoms with Crippen LogP contribution in [0.4, 0.5) is 0 Å². The summed E-state index contributed by atoms with van der Waals surface area (Å²) in [5.74, 6) is 0.838. The summed E-state index contributed by atoms with van der Waals surface area (Å²) in [7, 11) is 2.03. The lowest BCUT2D eigenvalue weighted by Crippen LogP contribution is -2.40. The minimum Gasteiger partial charge on any atom is -0.508 e. The first-order chi connectivity index (χ1) is 12.6. The van der Waals surface area contributed by atoms with Crippen LogP contribution in [0.2, 0.25) is 0 Å². The molecule has 6 heteroatoms. The number of benzene rings is 1. The number of phenolic OH excluding ortho intramolecular Hbond substituents is 1. The van der Waals surface area contributed by atoms with Crippen LogP contribution in [0.15, 0.2) is 41.9 Å². The van der Waals surface area contributed by atoms with Gasteiger partial charge in [0.15, 0.2) is 5.96 Å². The third kappa shape index (κ3) is 8.55. The molecule has 0 unspecified atom stereocenters. The number of carbonyl (C=O) groups is 1. The molecule has 0 aromatic heterocycles. The molecule has 0 fully saturated rings. The van der Waals surface area contributed by atoms with Crippen LogP contribution in [0, 0.1) is 0 Å². The van der Waals surface area contributed by atoms with E-state index >= 15 is 0 Å². The maximum atomic E-state index is 12.0. The Bertz CT molecular complexity index is 570. The molecule has 144 valence electrons. The van der Waals surface area contributed by atoms with Crippen molar-refractivity contribution in [3.8, 4) is 5.75 Å². The zero-order valence-corrected chi connectivity index (χ0v) is 16.0. The molecule has 1 amide bonds. The zero-order chi connectivity index (χ0) is 19.2. The van der Waals surface area contributed by atoms with Gasteiger partial charge in [-0.05, 0) is 50.5 Å². The van der Waals surface area contributed by atoms with E-state index in [1.165, 1.54) is 25.0 Å². The molecule has 6 nitrogen and oxygen atoms in total. The van der Waals surface area contributed by atoms with Gasteiger partial charge >= 0.3 is 0 Å². The van der Waals surface area contributed by atoms with Crippen molar-refractivity contribution < 1.29 is 9.90 Å². The second-order valence-electron chi connectivity index (χ2n) is 6.10. The number of phenols is 1. The summed E-state index contributed by atoms with van der Waals surface area (Å²) in [6.07, 6.45) is 6.50. The van der Waals surface area contributed by atoms with Crippen LogP contribution in [-0.4, -0.2) is 55.1 Å². The number of nitrogens with zero attached hydrogens (tertiary/aromatic N) is 2. The van der Waals surface area contributed by atoms with E-state index in [1.54, 1.807) is 12.1 Å². The minimum atomic E-state index is -0.166. The summed E-state index contributed by atoms with van der Waals surface area (Å²) >= 11 is 0. The van der Waals surface area contributed by atoms with Gasteiger partial charge in [-0.2, -0.15) is 0 Å². The van der Waals surface area contributed by atoms with Crippen molar-refractivity contribution in [2.24, 2.45) is 4.99 Å². The van der Waals surface area contributed by atoms with Gasteiger partial charge in [0, 0.05) is 32.2 Å². The van der Waals surface area contributed by atoms with Crippen molar-refractivity contribution in [2.45, 2.75) is 32.6 Å². The Morgan fingerprint density at radius 3 is 2.62 bits per heavy atom. The van der Waals surface area contributed by atoms with Gasteiger partial charge in [-0.25, -0.2) is 0 Å². The smallest absolute Gasteiger partial charge is 0.251 e. The fourth-order valence-electron chi connectivity index (χ4n) is 2.44. The third-order valence-corrected chi connectivity index (χ3v) is 3.89. The van der Waals surface area contributed by atoms with Crippen molar-refractivity contribution in [3.05, 3.63) is 42.5 Å². The van der Waals surface area contributed by atoms with Crippen molar-refractivity contribution in [2.75, 3.05) is 33.2 Å². The average Bonchev–Trinajstić information content (AvgIpc) is 2.64. The fraction of sp³-hybridized carbons (Fsp3) is 0.500. The SMILES string of the molecule is C=CCCCCCN(C)C(=NCCNC(=O)c1ccc(O)cc1)NCC. The van der Waals surface area contributed by atoms with Crippen LogP contribution in [-0.2, 0) is 0 Å². The van der Waals surface area contributed by atoms with Gasteiger partial charge in [0.1, 0.15) is 5.75 Å². The summed E-state index contributed by atoms with van der Waals surface area (Å²) in [6, 6.07) is 6.19. The number of aliphatic imine (C=N–C) groups is 1. The standard InChI is InChI=1S/C20H32N4O2/c1-4-6-7-8-9-16-24(3)20(21-5-2)23-15-14-22-19(26)17-10-12-18(25)13-11-17/h4,10-13,25H,1,5-9,14-16H2,2-3H3,(H,21,23)(H,22,26). The summed E-state index contributed by atoms with van der Waals surface area (Å²) in [5, 5.41) is 15.4. The number of allylic oxidation sites excluding steroid dienone is 1. The largest absolute Gasteiger partial charge is 0.508 e. The van der Waals surface area contributed by atoms with Gasteiger partial charge in [-0.1, -0.05) is 12.5 Å². The minimum absolute atomic E-state index is 0.147. The number of aromatic hydroxyl groups is 1. The van der Waals surface area contributed by atoms with Gasteiger partial charge in [-0.15, -0.1) is 6.58 Å². The molecule has 0 heterocycles. The van der Waals surface area contributed by atoms with Gasteiger partial charge < -0.3 is 20.6 Å². The van der Waals surface area contributed by atoms with Crippen molar-refractivity contribution >= 4 is 11.9 Å². The lowest BCUT2D eigenvalue weighted by Gasteiger charge is -2.22. The second kappa shape index (κ2) is 12.8. The predicted molar refractivity (Wildman–Crippen MR) is 108 cm³/mol. The normalized spacial score (nSPS) is 11.1. The molecule has 0 saturated heterocycles. The highest BCUT2D eigenvalue weighted by atomic mass is 16.3. The van der Waals surface area contributed by atoms with Crippen molar-refractivity contribution in [1.82, 2.24) is 15.5 Å². The molecule has 1 aromatic rings.